The molecule has 1 N–H and O–H groups in total. The molecule has 0 radical (unpaired) electrons. The van der Waals surface area contributed by atoms with Crippen LogP contribution in [0.2, 0.25) is 10.0 Å². The smallest absolute Gasteiger partial charge is 0.176 e. The predicted octanol–water partition coefficient (Wildman–Crippen LogP) is 5.30. The van der Waals surface area contributed by atoms with Gasteiger partial charge < -0.3 is 14.5 Å². The Morgan fingerprint density at radius 1 is 1.14 bits per heavy atom. The maximum Gasteiger partial charge on any atom is 0.176 e. The number of halogens is 3. The van der Waals surface area contributed by atoms with Gasteiger partial charge in [0.1, 0.15) is 18.2 Å². The molecule has 28 heavy (non-hydrogen) atoms. The van der Waals surface area contributed by atoms with Gasteiger partial charge in [0, 0.05) is 28.6 Å². The van der Waals surface area contributed by atoms with Crippen LogP contribution in [0, 0.1) is 5.82 Å². The second-order valence-electron chi connectivity index (χ2n) is 6.08. The molecular formula is C20H14Cl2FN3O2. The number of allylic oxidation sites excluding steroid dienone is 1. The molecule has 1 aromatic heterocycles. The zero-order chi connectivity index (χ0) is 19.7. The normalized spacial score (nSPS) is 14.5. The van der Waals surface area contributed by atoms with E-state index in [1.54, 1.807) is 53.7 Å². The number of benzene rings is 2. The van der Waals surface area contributed by atoms with Crippen LogP contribution in [-0.2, 0) is 0 Å². The first-order valence-electron chi connectivity index (χ1n) is 8.36. The van der Waals surface area contributed by atoms with Crippen molar-refractivity contribution >= 4 is 29.4 Å². The second-order valence-corrected chi connectivity index (χ2v) is 6.92. The third-order valence-corrected chi connectivity index (χ3v) is 4.88. The lowest BCUT2D eigenvalue weighted by molar-refractivity contribution is 0.0386. The van der Waals surface area contributed by atoms with Crippen molar-refractivity contribution in [2.45, 2.75) is 6.23 Å². The molecule has 2 aromatic carbocycles. The van der Waals surface area contributed by atoms with E-state index in [1.807, 2.05) is 0 Å². The number of aromatic nitrogens is 1. The summed E-state index contributed by atoms with van der Waals surface area (Å²) in [6.45, 7) is 0.230. The van der Waals surface area contributed by atoms with E-state index in [0.29, 0.717) is 10.6 Å². The van der Waals surface area contributed by atoms with Crippen molar-refractivity contribution < 1.29 is 14.0 Å². The first kappa shape index (κ1) is 18.7. The average molecular weight is 418 g/mol. The molecular weight excluding hydrogens is 404 g/mol. The zero-order valence-corrected chi connectivity index (χ0v) is 15.9. The Hall–Kier alpha value is -2.67. The van der Waals surface area contributed by atoms with Gasteiger partial charge in [-0.05, 0) is 36.4 Å². The standard InChI is InChI=1S/C20H14Cl2FN3O2/c21-12-6-7-14(16(23)10-12)18-17(20(27)26-9-3-8-24-11-26)19(28-25-18)13-4-1-2-5-15(13)22/h1-10,20,27H,11H2. The maximum absolute atomic E-state index is 14.6. The SMILES string of the molecule is OC(c1c(-c2ccc(Cl)cc2F)noc1-c1ccccc1Cl)N1C=CC=NC1. The van der Waals surface area contributed by atoms with E-state index in [1.165, 1.54) is 12.1 Å². The van der Waals surface area contributed by atoms with Crippen molar-refractivity contribution in [3.05, 3.63) is 76.2 Å². The highest BCUT2D eigenvalue weighted by Crippen LogP contribution is 2.41. The summed E-state index contributed by atoms with van der Waals surface area (Å²) < 4.78 is 20.1. The fourth-order valence-electron chi connectivity index (χ4n) is 2.98. The first-order chi connectivity index (χ1) is 13.6. The molecule has 8 heteroatoms. The first-order valence-corrected chi connectivity index (χ1v) is 9.12. The Labute approximate surface area is 170 Å². The van der Waals surface area contributed by atoms with Gasteiger partial charge in [0.05, 0.1) is 10.6 Å². The number of aliphatic hydroxyl groups excluding tert-OH is 1. The van der Waals surface area contributed by atoms with Crippen molar-refractivity contribution in [3.8, 4) is 22.6 Å². The second kappa shape index (κ2) is 7.75. The number of aliphatic hydroxyl groups is 1. The van der Waals surface area contributed by atoms with Crippen molar-refractivity contribution in [2.75, 3.05) is 6.67 Å². The summed E-state index contributed by atoms with van der Waals surface area (Å²) >= 11 is 12.2. The molecule has 0 bridgehead atoms. The molecule has 1 unspecified atom stereocenters. The lowest BCUT2D eigenvalue weighted by atomic mass is 10.00. The van der Waals surface area contributed by atoms with Crippen LogP contribution in [-0.4, -0.2) is 28.0 Å². The zero-order valence-electron chi connectivity index (χ0n) is 14.4. The molecule has 2 heterocycles. The molecule has 0 fully saturated rings. The Bertz CT molecular complexity index is 1080. The van der Waals surface area contributed by atoms with Gasteiger partial charge in [-0.1, -0.05) is 40.5 Å². The van der Waals surface area contributed by atoms with Crippen molar-refractivity contribution in [3.63, 3.8) is 0 Å². The maximum atomic E-state index is 14.6. The minimum atomic E-state index is -1.18. The van der Waals surface area contributed by atoms with Gasteiger partial charge in [0.15, 0.2) is 12.0 Å². The predicted molar refractivity (Wildman–Crippen MR) is 107 cm³/mol. The van der Waals surface area contributed by atoms with Crippen LogP contribution in [0.15, 0.2) is 64.3 Å². The highest BCUT2D eigenvalue weighted by atomic mass is 35.5. The van der Waals surface area contributed by atoms with Crippen molar-refractivity contribution in [1.82, 2.24) is 10.1 Å². The van der Waals surface area contributed by atoms with E-state index in [9.17, 15) is 9.50 Å². The summed E-state index contributed by atoms with van der Waals surface area (Å²) in [5, 5.41) is 15.8. The summed E-state index contributed by atoms with van der Waals surface area (Å²) in [7, 11) is 0. The molecule has 0 saturated heterocycles. The Kier molecular flexibility index (Phi) is 5.17. The number of rotatable bonds is 4. The van der Waals surface area contributed by atoms with Gasteiger partial charge in [-0.2, -0.15) is 0 Å². The van der Waals surface area contributed by atoms with Crippen LogP contribution in [0.4, 0.5) is 4.39 Å². The minimum Gasteiger partial charge on any atom is -0.369 e. The molecule has 0 saturated carbocycles. The van der Waals surface area contributed by atoms with Gasteiger partial charge >= 0.3 is 0 Å². The van der Waals surface area contributed by atoms with E-state index in [0.717, 1.165) is 0 Å². The Morgan fingerprint density at radius 3 is 2.68 bits per heavy atom. The fraction of sp³-hybridized carbons (Fsp3) is 0.100. The number of hydrogen-bond donors (Lipinski definition) is 1. The number of aliphatic imine (C=N–C) groups is 1. The van der Waals surface area contributed by atoms with Gasteiger partial charge in [-0.25, -0.2) is 4.39 Å². The van der Waals surface area contributed by atoms with Crippen molar-refractivity contribution in [1.29, 1.82) is 0 Å². The summed E-state index contributed by atoms with van der Waals surface area (Å²) in [6, 6.07) is 11.2. The molecule has 1 aliphatic heterocycles. The molecule has 1 aliphatic rings. The topological polar surface area (TPSA) is 61.9 Å². The third kappa shape index (κ3) is 3.42. The fourth-order valence-corrected chi connectivity index (χ4v) is 3.36. The Balaban J connectivity index is 1.91. The van der Waals surface area contributed by atoms with Gasteiger partial charge in [-0.15, -0.1) is 0 Å². The highest BCUT2D eigenvalue weighted by Gasteiger charge is 2.30. The Morgan fingerprint density at radius 2 is 1.96 bits per heavy atom. The molecule has 142 valence electrons. The highest BCUT2D eigenvalue weighted by molar-refractivity contribution is 6.33. The van der Waals surface area contributed by atoms with Gasteiger partial charge in [0.25, 0.3) is 0 Å². The van der Waals surface area contributed by atoms with Crippen LogP contribution in [0.1, 0.15) is 11.8 Å². The van der Waals surface area contributed by atoms with E-state index in [2.05, 4.69) is 10.1 Å². The monoisotopic (exact) mass is 417 g/mol. The molecule has 0 spiro atoms. The molecule has 5 nitrogen and oxygen atoms in total. The molecule has 3 aromatic rings. The quantitative estimate of drug-likeness (QED) is 0.625. The van der Waals surface area contributed by atoms with Crippen LogP contribution >= 0.6 is 23.2 Å². The van der Waals surface area contributed by atoms with E-state index in [-0.39, 0.29) is 34.3 Å². The van der Waals surface area contributed by atoms with Crippen LogP contribution in [0.3, 0.4) is 0 Å². The van der Waals surface area contributed by atoms with E-state index in [4.69, 9.17) is 27.7 Å². The summed E-state index contributed by atoms with van der Waals surface area (Å²) in [5.41, 5.74) is 1.15. The molecule has 0 aliphatic carbocycles. The van der Waals surface area contributed by atoms with E-state index < -0.39 is 12.0 Å². The minimum absolute atomic E-state index is 0.157. The summed E-state index contributed by atoms with van der Waals surface area (Å²) in [6.07, 6.45) is 3.82. The van der Waals surface area contributed by atoms with Crippen LogP contribution < -0.4 is 0 Å². The lowest BCUT2D eigenvalue weighted by Crippen LogP contribution is -2.25. The van der Waals surface area contributed by atoms with E-state index >= 15 is 0 Å². The van der Waals surface area contributed by atoms with Crippen LogP contribution in [0.25, 0.3) is 22.6 Å². The third-order valence-electron chi connectivity index (χ3n) is 4.32. The number of nitrogens with zero attached hydrogens (tertiary/aromatic N) is 3. The number of hydrogen-bond acceptors (Lipinski definition) is 5. The molecule has 0 amide bonds. The van der Waals surface area contributed by atoms with Crippen molar-refractivity contribution in [2.24, 2.45) is 4.99 Å². The summed E-state index contributed by atoms with van der Waals surface area (Å²) in [5.74, 6) is -0.322. The van der Waals surface area contributed by atoms with Crippen LogP contribution in [0.5, 0.6) is 0 Å². The average Bonchev–Trinajstić information content (AvgIpc) is 3.13. The lowest BCUT2D eigenvalue weighted by Gasteiger charge is -2.26. The summed E-state index contributed by atoms with van der Waals surface area (Å²) in [4.78, 5) is 5.70. The molecule has 1 atom stereocenters. The molecule has 4 rings (SSSR count). The van der Waals surface area contributed by atoms with Gasteiger partial charge in [-0.3, -0.25) is 4.99 Å². The largest absolute Gasteiger partial charge is 0.369 e. The van der Waals surface area contributed by atoms with Gasteiger partial charge in [0.2, 0.25) is 0 Å².